The number of nitrogens with one attached hydrogen (secondary N) is 1. The van der Waals surface area contributed by atoms with Crippen molar-refractivity contribution in [3.05, 3.63) is 34.9 Å². The summed E-state index contributed by atoms with van der Waals surface area (Å²) in [5, 5.41) is 4.52. The number of guanidine groups is 1. The number of aliphatic imine (C=N–C) groups is 1. The molecule has 0 amide bonds. The predicted molar refractivity (Wildman–Crippen MR) is 109 cm³/mol. The van der Waals surface area contributed by atoms with E-state index in [0.29, 0.717) is 5.41 Å². The van der Waals surface area contributed by atoms with Crippen molar-refractivity contribution in [2.75, 3.05) is 53.1 Å². The second-order valence-electron chi connectivity index (χ2n) is 8.25. The monoisotopic (exact) mass is 391 g/mol. The molecule has 3 aliphatic heterocycles. The number of hydrogen-bond acceptors (Lipinski definition) is 3. The first-order chi connectivity index (χ1) is 13.2. The zero-order chi connectivity index (χ0) is 18.7. The Morgan fingerprint density at radius 2 is 1.93 bits per heavy atom. The zero-order valence-corrected chi connectivity index (χ0v) is 16.9. The molecular weight excluding hydrogens is 362 g/mol. The molecule has 4 rings (SSSR count). The summed E-state index contributed by atoms with van der Waals surface area (Å²) in [6.07, 6.45) is 4.30. The highest BCUT2D eigenvalue weighted by Crippen LogP contribution is 2.39. The van der Waals surface area contributed by atoms with Crippen molar-refractivity contribution in [3.8, 4) is 0 Å². The van der Waals surface area contributed by atoms with E-state index in [1.165, 1.54) is 18.4 Å². The van der Waals surface area contributed by atoms with Crippen LogP contribution in [0.3, 0.4) is 0 Å². The summed E-state index contributed by atoms with van der Waals surface area (Å²) >= 11 is 6.58. The Labute approximate surface area is 167 Å². The first-order valence-electron chi connectivity index (χ1n) is 10.0. The van der Waals surface area contributed by atoms with Gasteiger partial charge in [-0.1, -0.05) is 29.8 Å². The van der Waals surface area contributed by atoms with Crippen LogP contribution in [-0.2, 0) is 14.9 Å². The van der Waals surface area contributed by atoms with Crippen LogP contribution in [0.4, 0.5) is 0 Å². The normalized spacial score (nSPS) is 28.1. The molecule has 0 aliphatic carbocycles. The third kappa shape index (κ3) is 3.82. The Morgan fingerprint density at radius 3 is 2.63 bits per heavy atom. The van der Waals surface area contributed by atoms with Gasteiger partial charge in [0.25, 0.3) is 0 Å². The third-order valence-corrected chi connectivity index (χ3v) is 6.94. The molecule has 1 unspecified atom stereocenters. The van der Waals surface area contributed by atoms with Crippen molar-refractivity contribution in [1.29, 1.82) is 0 Å². The molecule has 6 heteroatoms. The lowest BCUT2D eigenvalue weighted by atomic mass is 9.74. The summed E-state index contributed by atoms with van der Waals surface area (Å²) in [5.74, 6) is 0.997. The molecule has 0 aromatic heterocycles. The zero-order valence-electron chi connectivity index (χ0n) is 16.2. The predicted octanol–water partition coefficient (Wildman–Crippen LogP) is 3.08. The van der Waals surface area contributed by atoms with Gasteiger partial charge in [0, 0.05) is 62.4 Å². The van der Waals surface area contributed by atoms with E-state index in [4.69, 9.17) is 21.1 Å². The summed E-state index contributed by atoms with van der Waals surface area (Å²) in [7, 11) is 1.88. The lowest BCUT2D eigenvalue weighted by Gasteiger charge is -2.39. The van der Waals surface area contributed by atoms with Gasteiger partial charge < -0.3 is 19.7 Å². The maximum Gasteiger partial charge on any atom is 0.193 e. The van der Waals surface area contributed by atoms with E-state index in [-0.39, 0.29) is 5.41 Å². The fourth-order valence-corrected chi connectivity index (χ4v) is 5.20. The average Bonchev–Trinajstić information content (AvgIpc) is 3.33. The molecule has 1 aromatic rings. The highest BCUT2D eigenvalue weighted by atomic mass is 35.5. The van der Waals surface area contributed by atoms with E-state index in [2.05, 4.69) is 27.3 Å². The van der Waals surface area contributed by atoms with E-state index in [0.717, 1.165) is 69.9 Å². The first kappa shape index (κ1) is 19.0. The Kier molecular flexibility index (Phi) is 5.62. The number of rotatable bonds is 3. The van der Waals surface area contributed by atoms with Gasteiger partial charge in [-0.2, -0.15) is 0 Å². The van der Waals surface area contributed by atoms with Crippen LogP contribution in [0.15, 0.2) is 29.3 Å². The van der Waals surface area contributed by atoms with Crippen LogP contribution in [0.25, 0.3) is 0 Å². The smallest absolute Gasteiger partial charge is 0.193 e. The van der Waals surface area contributed by atoms with Gasteiger partial charge in [-0.15, -0.1) is 0 Å². The standard InChI is InChI=1S/C21H30ClN3O2/c1-23-19(25-10-6-20(15-25)7-11-27-16-20)24-14-21(8-12-26-13-9-21)17-4-2-3-5-18(17)22/h2-5H,6-16H2,1H3,(H,23,24). The topological polar surface area (TPSA) is 46.1 Å². The molecule has 27 heavy (non-hydrogen) atoms. The SMILES string of the molecule is CN=C(NCC1(c2ccccc2Cl)CCOCC1)N1CCC2(CCOC2)C1. The average molecular weight is 392 g/mol. The number of halogens is 1. The molecule has 3 fully saturated rings. The maximum atomic E-state index is 6.58. The summed E-state index contributed by atoms with van der Waals surface area (Å²) in [6, 6.07) is 8.24. The van der Waals surface area contributed by atoms with E-state index < -0.39 is 0 Å². The number of benzene rings is 1. The van der Waals surface area contributed by atoms with Crippen molar-refractivity contribution in [1.82, 2.24) is 10.2 Å². The second-order valence-corrected chi connectivity index (χ2v) is 8.65. The van der Waals surface area contributed by atoms with Crippen LogP contribution in [0.1, 0.15) is 31.2 Å². The maximum absolute atomic E-state index is 6.58. The van der Waals surface area contributed by atoms with Gasteiger partial charge >= 0.3 is 0 Å². The van der Waals surface area contributed by atoms with E-state index in [1.54, 1.807) is 0 Å². The van der Waals surface area contributed by atoms with Crippen molar-refractivity contribution >= 4 is 17.6 Å². The molecule has 0 radical (unpaired) electrons. The minimum Gasteiger partial charge on any atom is -0.381 e. The molecule has 3 aliphatic rings. The van der Waals surface area contributed by atoms with Crippen LogP contribution in [-0.4, -0.2) is 64.0 Å². The molecule has 1 N–H and O–H groups in total. The number of hydrogen-bond donors (Lipinski definition) is 1. The van der Waals surface area contributed by atoms with Crippen molar-refractivity contribution in [2.45, 2.75) is 31.1 Å². The van der Waals surface area contributed by atoms with E-state index in [9.17, 15) is 0 Å². The van der Waals surface area contributed by atoms with Gasteiger partial charge in [0.15, 0.2) is 5.96 Å². The van der Waals surface area contributed by atoms with Gasteiger partial charge in [0.05, 0.1) is 6.61 Å². The molecule has 148 valence electrons. The first-order valence-corrected chi connectivity index (χ1v) is 10.4. The Hall–Kier alpha value is -1.30. The highest BCUT2D eigenvalue weighted by Gasteiger charge is 2.43. The van der Waals surface area contributed by atoms with Crippen molar-refractivity contribution in [2.24, 2.45) is 10.4 Å². The van der Waals surface area contributed by atoms with E-state index >= 15 is 0 Å². The number of nitrogens with zero attached hydrogens (tertiary/aromatic N) is 2. The minimum atomic E-state index is -0.0135. The van der Waals surface area contributed by atoms with Gasteiger partial charge in [-0.25, -0.2) is 0 Å². The Morgan fingerprint density at radius 1 is 1.15 bits per heavy atom. The molecule has 0 saturated carbocycles. The van der Waals surface area contributed by atoms with Crippen molar-refractivity contribution < 1.29 is 9.47 Å². The summed E-state index contributed by atoms with van der Waals surface area (Å²) in [5.41, 5.74) is 1.54. The highest BCUT2D eigenvalue weighted by molar-refractivity contribution is 6.31. The number of likely N-dealkylation sites (tertiary alicyclic amines) is 1. The van der Waals surface area contributed by atoms with E-state index in [1.807, 2.05) is 19.2 Å². The second kappa shape index (κ2) is 7.98. The molecule has 1 atom stereocenters. The number of ether oxygens (including phenoxy) is 2. The van der Waals surface area contributed by atoms with Crippen LogP contribution in [0.2, 0.25) is 5.02 Å². The third-order valence-electron chi connectivity index (χ3n) is 6.61. The Bertz CT molecular complexity index is 682. The van der Waals surface area contributed by atoms with Gasteiger partial charge in [-0.05, 0) is 37.3 Å². The van der Waals surface area contributed by atoms with Crippen LogP contribution < -0.4 is 5.32 Å². The lowest BCUT2D eigenvalue weighted by Crippen LogP contribution is -2.49. The lowest BCUT2D eigenvalue weighted by molar-refractivity contribution is 0.0512. The molecule has 1 aromatic carbocycles. The summed E-state index contributed by atoms with van der Waals surface area (Å²) in [4.78, 5) is 6.98. The molecule has 5 nitrogen and oxygen atoms in total. The van der Waals surface area contributed by atoms with Gasteiger partial charge in [-0.3, -0.25) is 4.99 Å². The molecule has 3 heterocycles. The van der Waals surface area contributed by atoms with Gasteiger partial charge in [0.2, 0.25) is 0 Å². The van der Waals surface area contributed by atoms with Crippen LogP contribution in [0, 0.1) is 5.41 Å². The summed E-state index contributed by atoms with van der Waals surface area (Å²) in [6.45, 7) is 6.25. The minimum absolute atomic E-state index is 0.0135. The van der Waals surface area contributed by atoms with Gasteiger partial charge in [0.1, 0.15) is 0 Å². The molecule has 1 spiro atoms. The summed E-state index contributed by atoms with van der Waals surface area (Å²) < 4.78 is 11.3. The fraction of sp³-hybridized carbons (Fsp3) is 0.667. The molecular formula is C21H30ClN3O2. The quantitative estimate of drug-likeness (QED) is 0.635. The van der Waals surface area contributed by atoms with Crippen molar-refractivity contribution in [3.63, 3.8) is 0 Å². The van der Waals surface area contributed by atoms with Crippen LogP contribution >= 0.6 is 11.6 Å². The molecule has 0 bridgehead atoms. The van der Waals surface area contributed by atoms with Crippen LogP contribution in [0.5, 0.6) is 0 Å². The Balaban J connectivity index is 1.48. The fourth-order valence-electron chi connectivity index (χ4n) is 4.86. The molecule has 3 saturated heterocycles. The largest absolute Gasteiger partial charge is 0.381 e.